The average Bonchev–Trinajstić information content (AvgIpc) is 2.70. The maximum Gasteiger partial charge on any atom is 0.376 e. The van der Waals surface area contributed by atoms with Crippen molar-refractivity contribution in [3.05, 3.63) is 53.6 Å². The molecule has 2 rings (SSSR count). The van der Waals surface area contributed by atoms with Crippen LogP contribution in [0.4, 0.5) is 0 Å². The molecule has 0 spiro atoms. The molecule has 7 heteroatoms. The van der Waals surface area contributed by atoms with Gasteiger partial charge in [0.25, 0.3) is 0 Å². The van der Waals surface area contributed by atoms with E-state index in [0.717, 1.165) is 59.9 Å². The van der Waals surface area contributed by atoms with E-state index in [1.807, 2.05) is 51.1 Å². The highest BCUT2D eigenvalue weighted by atomic mass is 31.2. The number of hydrogen-bond donors (Lipinski definition) is 0. The predicted octanol–water partition coefficient (Wildman–Crippen LogP) is 8.97. The van der Waals surface area contributed by atoms with E-state index in [0.29, 0.717) is 23.7 Å². The summed E-state index contributed by atoms with van der Waals surface area (Å²) in [4.78, 5) is 0. The fourth-order valence-electron chi connectivity index (χ4n) is 3.71. The molecule has 0 aliphatic heterocycles. The van der Waals surface area contributed by atoms with Crippen LogP contribution in [-0.4, -0.2) is 26.6 Å². The summed E-state index contributed by atoms with van der Waals surface area (Å²) in [5.41, 5.74) is 5.27. The van der Waals surface area contributed by atoms with Crippen LogP contribution in [-0.2, 0) is 20.1 Å². The lowest BCUT2D eigenvalue weighted by molar-refractivity contribution is 0.270. The van der Waals surface area contributed by atoms with Gasteiger partial charge in [0.1, 0.15) is 11.5 Å². The van der Waals surface area contributed by atoms with Crippen molar-refractivity contribution in [3.63, 3.8) is 0 Å². The van der Waals surface area contributed by atoms with Gasteiger partial charge in [-0.1, -0.05) is 62.6 Å². The summed E-state index contributed by atoms with van der Waals surface area (Å²) in [6, 6.07) is 9.92. The summed E-state index contributed by atoms with van der Waals surface area (Å²) in [5, 5.41) is 0. The molecule has 1 atom stereocenters. The Morgan fingerprint density at radius 3 is 2.15 bits per heavy atom. The third kappa shape index (κ3) is 8.45. The van der Waals surface area contributed by atoms with Gasteiger partial charge in [0.05, 0.1) is 12.2 Å². The molecule has 0 heterocycles. The number of benzene rings is 2. The van der Waals surface area contributed by atoms with Gasteiger partial charge in [0.2, 0.25) is 7.37 Å². The van der Waals surface area contributed by atoms with Crippen LogP contribution in [0.25, 0.3) is 16.7 Å². The quantitative estimate of drug-likeness (QED) is 0.200. The van der Waals surface area contributed by atoms with Crippen molar-refractivity contribution < 1.29 is 22.7 Å². The summed E-state index contributed by atoms with van der Waals surface area (Å²) in [7, 11) is -6.30. The van der Waals surface area contributed by atoms with E-state index in [-0.39, 0.29) is 0 Å². The van der Waals surface area contributed by atoms with Gasteiger partial charge >= 0.3 is 7.60 Å². The molecule has 0 radical (unpaired) electrons. The van der Waals surface area contributed by atoms with Gasteiger partial charge in [-0.25, -0.2) is 4.57 Å². The first-order chi connectivity index (χ1) is 15.9. The third-order valence-electron chi connectivity index (χ3n) is 5.21. The Morgan fingerprint density at radius 1 is 0.941 bits per heavy atom. The molecular formula is C27H40O5P2. The molecular weight excluding hydrogens is 466 g/mol. The maximum absolute atomic E-state index is 13.2. The average molecular weight is 507 g/mol. The Labute approximate surface area is 205 Å². The van der Waals surface area contributed by atoms with Crippen LogP contribution in [0.15, 0.2) is 36.9 Å². The summed E-state index contributed by atoms with van der Waals surface area (Å²) in [6.07, 6.45) is 4.74. The smallest absolute Gasteiger partial charge is 0.376 e. The van der Waals surface area contributed by atoms with Gasteiger partial charge in [-0.15, -0.1) is 0 Å². The van der Waals surface area contributed by atoms with Crippen LogP contribution >= 0.6 is 15.0 Å². The van der Waals surface area contributed by atoms with Gasteiger partial charge in [0, 0.05) is 20.0 Å². The van der Waals surface area contributed by atoms with Gasteiger partial charge < -0.3 is 9.05 Å². The van der Waals surface area contributed by atoms with Crippen LogP contribution in [0.2, 0.25) is 0 Å². The molecule has 0 saturated heterocycles. The monoisotopic (exact) mass is 506 g/mol. The van der Waals surface area contributed by atoms with Crippen LogP contribution < -0.4 is 9.05 Å². The normalized spacial score (nSPS) is 13.4. The first-order valence-corrected chi connectivity index (χ1v) is 16.5. The van der Waals surface area contributed by atoms with Crippen LogP contribution in [0.5, 0.6) is 11.5 Å². The lowest BCUT2D eigenvalue weighted by atomic mass is 9.91. The first kappa shape index (κ1) is 28.4. The van der Waals surface area contributed by atoms with E-state index in [1.54, 1.807) is 13.3 Å². The van der Waals surface area contributed by atoms with E-state index in [1.165, 1.54) is 6.66 Å². The first-order valence-electron chi connectivity index (χ1n) is 12.0. The van der Waals surface area contributed by atoms with Gasteiger partial charge in [0.15, 0.2) is 0 Å². The predicted molar refractivity (Wildman–Crippen MR) is 145 cm³/mol. The minimum Gasteiger partial charge on any atom is -0.442 e. The highest BCUT2D eigenvalue weighted by Gasteiger charge is 2.27. The lowest BCUT2D eigenvalue weighted by Gasteiger charge is -2.24. The fourth-order valence-corrected chi connectivity index (χ4v) is 5.40. The number of unbranched alkanes of at least 4 members (excludes halogenated alkanes) is 2. The Balaban J connectivity index is 2.82. The second-order valence-electron chi connectivity index (χ2n) is 9.29. The van der Waals surface area contributed by atoms with Crippen molar-refractivity contribution in [3.8, 4) is 22.6 Å². The second-order valence-corrected chi connectivity index (χ2v) is 14.0. The summed E-state index contributed by atoms with van der Waals surface area (Å²) in [6.45, 7) is 17.2. The van der Waals surface area contributed by atoms with E-state index in [9.17, 15) is 9.13 Å². The van der Waals surface area contributed by atoms with E-state index in [4.69, 9.17) is 13.6 Å². The van der Waals surface area contributed by atoms with Gasteiger partial charge in [-0.2, -0.15) is 0 Å². The molecule has 0 N–H and O–H groups in total. The molecule has 2 aromatic carbocycles. The molecule has 0 amide bonds. The summed E-state index contributed by atoms with van der Waals surface area (Å²) >= 11 is 0. The highest BCUT2D eigenvalue weighted by molar-refractivity contribution is 7.57. The summed E-state index contributed by atoms with van der Waals surface area (Å²) < 4.78 is 43.8. The minimum atomic E-state index is -3.40. The van der Waals surface area contributed by atoms with Crippen molar-refractivity contribution in [2.45, 2.75) is 59.8 Å². The number of allylic oxidation sites excluding steroid dienone is 1. The van der Waals surface area contributed by atoms with Crippen LogP contribution in [0.1, 0.15) is 63.1 Å². The fraction of sp³-hybridized carbons (Fsp3) is 0.481. The van der Waals surface area contributed by atoms with Gasteiger partial charge in [-0.05, 0) is 61.9 Å². The van der Waals surface area contributed by atoms with Crippen LogP contribution in [0.3, 0.4) is 0 Å². The Bertz CT molecular complexity index is 1100. The zero-order chi connectivity index (χ0) is 25.5. The van der Waals surface area contributed by atoms with Gasteiger partial charge in [-0.3, -0.25) is 9.09 Å². The number of aryl methyl sites for hydroxylation is 2. The van der Waals surface area contributed by atoms with Crippen molar-refractivity contribution in [2.75, 3.05) is 26.6 Å². The number of rotatable bonds is 13. The minimum absolute atomic E-state index is 0.337. The van der Waals surface area contributed by atoms with Crippen molar-refractivity contribution >= 4 is 20.5 Å². The highest BCUT2D eigenvalue weighted by Crippen LogP contribution is 2.53. The van der Waals surface area contributed by atoms with E-state index < -0.39 is 15.0 Å². The Hall–Kier alpha value is -1.80. The molecule has 0 saturated carbocycles. The Kier molecular flexibility index (Phi) is 10.2. The van der Waals surface area contributed by atoms with Crippen LogP contribution in [0, 0.1) is 6.92 Å². The molecule has 0 aliphatic carbocycles. The topological polar surface area (TPSA) is 61.8 Å². The zero-order valence-electron chi connectivity index (χ0n) is 21.8. The van der Waals surface area contributed by atoms with Crippen molar-refractivity contribution in [1.29, 1.82) is 0 Å². The molecule has 2 aromatic rings. The van der Waals surface area contributed by atoms with E-state index >= 15 is 0 Å². The molecule has 0 aliphatic rings. The number of hydrogen-bond acceptors (Lipinski definition) is 5. The second kappa shape index (κ2) is 12.2. The van der Waals surface area contributed by atoms with Crippen molar-refractivity contribution in [1.82, 2.24) is 0 Å². The molecule has 5 nitrogen and oxygen atoms in total. The Morgan fingerprint density at radius 2 is 1.59 bits per heavy atom. The molecule has 0 fully saturated rings. The standard InChI is InChI=1S/C27H40O5P2/c1-9-11-12-13-22-18-25(31-33(6,7)28)27(24-17-21(5)14-15-23(24)20(3)4)26(19-22)32-34(8,29)30-16-10-2/h14-15,17-19H,3,9-13,16H2,1-2,4-8H3. The SMILES string of the molecule is C=C(C)c1ccc(C)cc1-c1c(OP(C)(C)=O)cc(CCCCC)cc1OP(C)(=O)OCCC. The molecule has 34 heavy (non-hydrogen) atoms. The largest absolute Gasteiger partial charge is 0.442 e. The third-order valence-corrected chi connectivity index (χ3v) is 7.03. The lowest BCUT2D eigenvalue weighted by Crippen LogP contribution is -2.03. The van der Waals surface area contributed by atoms with E-state index in [2.05, 4.69) is 13.5 Å². The van der Waals surface area contributed by atoms with Crippen molar-refractivity contribution in [2.24, 2.45) is 0 Å². The molecule has 0 bridgehead atoms. The zero-order valence-corrected chi connectivity index (χ0v) is 23.6. The molecule has 1 unspecified atom stereocenters. The molecule has 188 valence electrons. The molecule has 0 aromatic heterocycles. The summed E-state index contributed by atoms with van der Waals surface area (Å²) in [5.74, 6) is 0.869. The maximum atomic E-state index is 13.2.